The molecule has 0 aliphatic carbocycles. The molecule has 1 N–H and O–H groups in total. The van der Waals surface area contributed by atoms with Crippen LogP contribution in [0.1, 0.15) is 19.4 Å². The molecule has 0 saturated carbocycles. The fourth-order valence-electron chi connectivity index (χ4n) is 2.64. The minimum atomic E-state index is -0.516. The molecule has 1 aliphatic rings. The minimum absolute atomic E-state index is 0.0283. The maximum absolute atomic E-state index is 12.6. The Morgan fingerprint density at radius 1 is 1.27 bits per heavy atom. The SMILES string of the molecule is CC(C)Oc1ccc(/C=C2/SC(=O)N(CC(=O)Nc3ccccc3Cl)C2=O)cc1Br. The van der Waals surface area contributed by atoms with Gasteiger partial charge in [0.05, 0.1) is 26.2 Å². The number of amides is 3. The Labute approximate surface area is 191 Å². The summed E-state index contributed by atoms with van der Waals surface area (Å²) in [7, 11) is 0. The van der Waals surface area contributed by atoms with Gasteiger partial charge in [0, 0.05) is 0 Å². The first-order chi connectivity index (χ1) is 14.2. The van der Waals surface area contributed by atoms with Gasteiger partial charge in [0.25, 0.3) is 11.1 Å². The lowest BCUT2D eigenvalue weighted by Gasteiger charge is -2.13. The largest absolute Gasteiger partial charge is 0.490 e. The van der Waals surface area contributed by atoms with Gasteiger partial charge in [-0.2, -0.15) is 0 Å². The molecule has 0 spiro atoms. The van der Waals surface area contributed by atoms with Crippen molar-refractivity contribution >= 4 is 68.1 Å². The molecular weight excluding hydrogens is 492 g/mol. The molecule has 0 aromatic heterocycles. The number of anilines is 1. The average molecular weight is 510 g/mol. The highest BCUT2D eigenvalue weighted by Crippen LogP contribution is 2.34. The zero-order valence-corrected chi connectivity index (χ0v) is 19.3. The van der Waals surface area contributed by atoms with Crippen LogP contribution in [0.2, 0.25) is 5.02 Å². The molecule has 156 valence electrons. The molecule has 0 bridgehead atoms. The van der Waals surface area contributed by atoms with Crippen molar-refractivity contribution in [2.45, 2.75) is 20.0 Å². The molecule has 0 unspecified atom stereocenters. The van der Waals surface area contributed by atoms with Gasteiger partial charge in [0.2, 0.25) is 5.91 Å². The van der Waals surface area contributed by atoms with Crippen molar-refractivity contribution in [3.63, 3.8) is 0 Å². The highest BCUT2D eigenvalue weighted by molar-refractivity contribution is 9.10. The van der Waals surface area contributed by atoms with E-state index in [1.54, 1.807) is 48.5 Å². The van der Waals surface area contributed by atoms with Gasteiger partial charge in [-0.25, -0.2) is 0 Å². The van der Waals surface area contributed by atoms with Crippen LogP contribution >= 0.6 is 39.3 Å². The second-order valence-corrected chi connectivity index (χ2v) is 8.91. The van der Waals surface area contributed by atoms with E-state index in [-0.39, 0.29) is 11.0 Å². The average Bonchev–Trinajstić information content (AvgIpc) is 2.93. The molecule has 1 saturated heterocycles. The zero-order valence-electron chi connectivity index (χ0n) is 16.1. The first-order valence-corrected chi connectivity index (χ1v) is 11.0. The molecule has 9 heteroatoms. The predicted octanol–water partition coefficient (Wildman–Crippen LogP) is 5.56. The summed E-state index contributed by atoms with van der Waals surface area (Å²) in [5.41, 5.74) is 1.14. The molecule has 1 fully saturated rings. The van der Waals surface area contributed by atoms with Gasteiger partial charge in [-0.3, -0.25) is 19.3 Å². The maximum atomic E-state index is 12.6. The molecule has 2 aromatic carbocycles. The van der Waals surface area contributed by atoms with Crippen LogP contribution in [0.25, 0.3) is 6.08 Å². The van der Waals surface area contributed by atoms with Gasteiger partial charge in [-0.05, 0) is 77.4 Å². The second-order valence-electron chi connectivity index (χ2n) is 6.65. The molecular formula is C21H18BrClN2O4S. The van der Waals surface area contributed by atoms with E-state index in [0.717, 1.165) is 26.7 Å². The van der Waals surface area contributed by atoms with Crippen molar-refractivity contribution in [3.05, 3.63) is 62.4 Å². The number of nitrogens with one attached hydrogen (secondary N) is 1. The molecule has 3 amide bonds. The van der Waals surface area contributed by atoms with Crippen molar-refractivity contribution in [1.29, 1.82) is 0 Å². The van der Waals surface area contributed by atoms with E-state index < -0.39 is 23.6 Å². The standard InChI is InChI=1S/C21H18BrClN2O4S/c1-12(2)29-17-8-7-13(9-14(17)22)10-18-20(27)25(21(28)30-18)11-19(26)24-16-6-4-3-5-15(16)23/h3-10,12H,11H2,1-2H3,(H,24,26)/b18-10+. The number of benzene rings is 2. The van der Waals surface area contributed by atoms with Gasteiger partial charge < -0.3 is 10.1 Å². The van der Waals surface area contributed by atoms with Crippen LogP contribution in [0.4, 0.5) is 10.5 Å². The number of nitrogens with zero attached hydrogens (tertiary/aromatic N) is 1. The quantitative estimate of drug-likeness (QED) is 0.516. The van der Waals surface area contributed by atoms with Crippen LogP contribution in [-0.4, -0.2) is 34.6 Å². The van der Waals surface area contributed by atoms with E-state index in [1.807, 2.05) is 13.8 Å². The molecule has 3 rings (SSSR count). The minimum Gasteiger partial charge on any atom is -0.490 e. The molecule has 0 atom stereocenters. The van der Waals surface area contributed by atoms with Crippen LogP contribution in [0, 0.1) is 0 Å². The Balaban J connectivity index is 1.70. The summed E-state index contributed by atoms with van der Waals surface area (Å²) in [6.07, 6.45) is 1.64. The number of ether oxygens (including phenoxy) is 1. The lowest BCUT2D eigenvalue weighted by Crippen LogP contribution is -2.36. The Hall–Kier alpha value is -2.29. The molecule has 1 aliphatic heterocycles. The van der Waals surface area contributed by atoms with E-state index in [1.165, 1.54) is 0 Å². The van der Waals surface area contributed by atoms with Crippen molar-refractivity contribution in [2.24, 2.45) is 0 Å². The lowest BCUT2D eigenvalue weighted by molar-refractivity contribution is -0.127. The van der Waals surface area contributed by atoms with E-state index >= 15 is 0 Å². The van der Waals surface area contributed by atoms with Gasteiger partial charge in [0.15, 0.2) is 0 Å². The summed E-state index contributed by atoms with van der Waals surface area (Å²) in [6.45, 7) is 3.47. The number of imide groups is 1. The number of rotatable bonds is 6. The summed E-state index contributed by atoms with van der Waals surface area (Å²) in [5.74, 6) is -0.339. The summed E-state index contributed by atoms with van der Waals surface area (Å²) in [6, 6.07) is 12.1. The van der Waals surface area contributed by atoms with Gasteiger partial charge in [0.1, 0.15) is 12.3 Å². The highest BCUT2D eigenvalue weighted by atomic mass is 79.9. The predicted molar refractivity (Wildman–Crippen MR) is 123 cm³/mol. The second kappa shape index (κ2) is 9.68. The molecule has 6 nitrogen and oxygen atoms in total. The normalized spacial score (nSPS) is 15.2. The first kappa shape index (κ1) is 22.4. The Morgan fingerprint density at radius 2 is 2.00 bits per heavy atom. The van der Waals surface area contributed by atoms with Gasteiger partial charge in [-0.15, -0.1) is 0 Å². The third-order valence-corrected chi connectivity index (χ3v) is 5.80. The summed E-state index contributed by atoms with van der Waals surface area (Å²) < 4.78 is 6.41. The topological polar surface area (TPSA) is 75.7 Å². The molecule has 0 radical (unpaired) electrons. The lowest BCUT2D eigenvalue weighted by atomic mass is 10.2. The van der Waals surface area contributed by atoms with E-state index in [4.69, 9.17) is 16.3 Å². The smallest absolute Gasteiger partial charge is 0.294 e. The Kier molecular flexibility index (Phi) is 7.23. The maximum Gasteiger partial charge on any atom is 0.294 e. The number of carbonyl (C=O) groups excluding carboxylic acids is 3. The van der Waals surface area contributed by atoms with Crippen molar-refractivity contribution < 1.29 is 19.1 Å². The van der Waals surface area contributed by atoms with Crippen molar-refractivity contribution in [2.75, 3.05) is 11.9 Å². The van der Waals surface area contributed by atoms with Gasteiger partial charge in [-0.1, -0.05) is 29.8 Å². The zero-order chi connectivity index (χ0) is 21.8. The fraction of sp³-hybridized carbons (Fsp3) is 0.190. The van der Waals surface area contributed by atoms with Crippen molar-refractivity contribution in [3.8, 4) is 5.75 Å². The number of hydrogen-bond donors (Lipinski definition) is 1. The van der Waals surface area contributed by atoms with Crippen LogP contribution in [-0.2, 0) is 9.59 Å². The Morgan fingerprint density at radius 3 is 2.67 bits per heavy atom. The molecule has 1 heterocycles. The third kappa shape index (κ3) is 5.44. The Bertz CT molecular complexity index is 1040. The highest BCUT2D eigenvalue weighted by Gasteiger charge is 2.36. The van der Waals surface area contributed by atoms with Crippen LogP contribution < -0.4 is 10.1 Å². The van der Waals surface area contributed by atoms with E-state index in [0.29, 0.717) is 16.5 Å². The number of carbonyl (C=O) groups is 3. The van der Waals surface area contributed by atoms with E-state index in [2.05, 4.69) is 21.2 Å². The van der Waals surface area contributed by atoms with Gasteiger partial charge >= 0.3 is 0 Å². The summed E-state index contributed by atoms with van der Waals surface area (Å²) >= 11 is 10.3. The fourth-order valence-corrected chi connectivity index (χ4v) is 4.15. The van der Waals surface area contributed by atoms with Crippen molar-refractivity contribution in [1.82, 2.24) is 4.90 Å². The molecule has 2 aromatic rings. The van der Waals surface area contributed by atoms with Crippen LogP contribution in [0.5, 0.6) is 5.75 Å². The monoisotopic (exact) mass is 508 g/mol. The third-order valence-electron chi connectivity index (χ3n) is 3.94. The van der Waals surface area contributed by atoms with E-state index in [9.17, 15) is 14.4 Å². The first-order valence-electron chi connectivity index (χ1n) is 9.00. The van der Waals surface area contributed by atoms with Crippen LogP contribution in [0.3, 0.4) is 0 Å². The summed E-state index contributed by atoms with van der Waals surface area (Å²) in [5, 5.41) is 2.48. The number of para-hydroxylation sites is 1. The van der Waals surface area contributed by atoms with Crippen LogP contribution in [0.15, 0.2) is 51.8 Å². The number of halogens is 2. The number of hydrogen-bond acceptors (Lipinski definition) is 5. The molecule has 30 heavy (non-hydrogen) atoms. The summed E-state index contributed by atoms with van der Waals surface area (Å²) in [4.78, 5) is 38.4. The number of thioether (sulfide) groups is 1.